The number of halogens is 1. The van der Waals surface area contributed by atoms with E-state index in [4.69, 9.17) is 11.6 Å². The number of hydrogen-bond donors (Lipinski definition) is 1. The lowest BCUT2D eigenvalue weighted by molar-refractivity contribution is -0.120. The molecule has 63 valence electrons. The van der Waals surface area contributed by atoms with E-state index >= 15 is 0 Å². The fraction of sp³-hybridized carbons (Fsp3) is 0.750. The van der Waals surface area contributed by atoms with Crippen LogP contribution in [0.25, 0.3) is 0 Å². The van der Waals surface area contributed by atoms with E-state index in [2.05, 4.69) is 5.32 Å². The van der Waals surface area contributed by atoms with Crippen LogP contribution in [0.15, 0.2) is 0 Å². The molecule has 0 aromatic heterocycles. The second kappa shape index (κ2) is 4.60. The van der Waals surface area contributed by atoms with Gasteiger partial charge in [-0.05, 0) is 12.8 Å². The fourth-order valence-corrected chi connectivity index (χ4v) is 1.44. The quantitative estimate of drug-likeness (QED) is 0.650. The molecule has 0 bridgehead atoms. The van der Waals surface area contributed by atoms with Crippen LogP contribution in [0.3, 0.4) is 0 Å². The third kappa shape index (κ3) is 3.10. The molecular weight excluding hydrogens is 162 g/mol. The van der Waals surface area contributed by atoms with E-state index in [1.165, 1.54) is 18.9 Å². The maximum absolute atomic E-state index is 11.0. The molecule has 0 aromatic rings. The molecule has 1 N–H and O–H groups in total. The molecule has 0 aromatic carbocycles. The second-order valence-electron chi connectivity index (χ2n) is 2.80. The van der Waals surface area contributed by atoms with E-state index in [1.54, 1.807) is 0 Å². The molecule has 0 saturated heterocycles. The van der Waals surface area contributed by atoms with Crippen molar-refractivity contribution < 1.29 is 4.79 Å². The van der Waals surface area contributed by atoms with Gasteiger partial charge in [-0.1, -0.05) is 12.8 Å². The SMILES string of the molecule is O=C(CCCl)N[C]1CCCC1. The molecule has 2 nitrogen and oxygen atoms in total. The van der Waals surface area contributed by atoms with Crippen LogP contribution in [0.2, 0.25) is 0 Å². The van der Waals surface area contributed by atoms with Gasteiger partial charge in [0.25, 0.3) is 0 Å². The highest BCUT2D eigenvalue weighted by Gasteiger charge is 2.17. The average Bonchev–Trinajstić information content (AvgIpc) is 2.40. The van der Waals surface area contributed by atoms with Crippen molar-refractivity contribution >= 4 is 17.5 Å². The van der Waals surface area contributed by atoms with E-state index < -0.39 is 0 Å². The summed E-state index contributed by atoms with van der Waals surface area (Å²) in [6, 6.07) is 1.19. The van der Waals surface area contributed by atoms with Crippen LogP contribution in [0.5, 0.6) is 0 Å². The lowest BCUT2D eigenvalue weighted by Crippen LogP contribution is -2.26. The minimum absolute atomic E-state index is 0.0666. The predicted molar refractivity (Wildman–Crippen MR) is 45.2 cm³/mol. The van der Waals surface area contributed by atoms with Gasteiger partial charge in [-0.15, -0.1) is 11.6 Å². The molecule has 1 fully saturated rings. The summed E-state index contributed by atoms with van der Waals surface area (Å²) in [6.07, 6.45) is 5.00. The largest absolute Gasteiger partial charge is 0.348 e. The summed E-state index contributed by atoms with van der Waals surface area (Å²) in [5.41, 5.74) is 0. The molecule has 1 amide bonds. The topological polar surface area (TPSA) is 29.1 Å². The lowest BCUT2D eigenvalue weighted by atomic mass is 10.2. The standard InChI is InChI=1S/C8H13ClNO/c9-6-5-8(11)10-7-3-1-2-4-7/h1-6H2,(H,10,11). The molecule has 11 heavy (non-hydrogen) atoms. The van der Waals surface area contributed by atoms with Gasteiger partial charge in [0.2, 0.25) is 5.91 Å². The van der Waals surface area contributed by atoms with Gasteiger partial charge in [0.1, 0.15) is 0 Å². The van der Waals surface area contributed by atoms with E-state index in [-0.39, 0.29) is 5.91 Å². The molecule has 1 rings (SSSR count). The highest BCUT2D eigenvalue weighted by Crippen LogP contribution is 2.23. The summed E-state index contributed by atoms with van der Waals surface area (Å²) in [6.45, 7) is 0. The van der Waals surface area contributed by atoms with E-state index in [1.807, 2.05) is 0 Å². The molecule has 1 aliphatic carbocycles. The van der Waals surface area contributed by atoms with Gasteiger partial charge in [-0.3, -0.25) is 4.79 Å². The van der Waals surface area contributed by atoms with Crippen molar-refractivity contribution in [3.63, 3.8) is 0 Å². The Labute approximate surface area is 72.3 Å². The predicted octanol–water partition coefficient (Wildman–Crippen LogP) is 1.84. The number of alkyl halides is 1. The summed E-state index contributed by atoms with van der Waals surface area (Å²) in [5, 5.41) is 2.87. The van der Waals surface area contributed by atoms with Gasteiger partial charge in [-0.25, -0.2) is 0 Å². The molecule has 0 heterocycles. The van der Waals surface area contributed by atoms with Crippen LogP contribution in [0.4, 0.5) is 0 Å². The van der Waals surface area contributed by atoms with Crippen LogP contribution in [-0.2, 0) is 4.79 Å². The van der Waals surface area contributed by atoms with E-state index in [9.17, 15) is 4.79 Å². The van der Waals surface area contributed by atoms with Gasteiger partial charge in [0, 0.05) is 12.3 Å². The molecule has 1 aliphatic rings. The minimum atomic E-state index is 0.0666. The first-order chi connectivity index (χ1) is 5.33. The molecule has 3 heteroatoms. The maximum Gasteiger partial charge on any atom is 0.221 e. The van der Waals surface area contributed by atoms with Crippen molar-refractivity contribution in [2.45, 2.75) is 32.1 Å². The summed E-state index contributed by atoms with van der Waals surface area (Å²) in [7, 11) is 0. The van der Waals surface area contributed by atoms with Crippen LogP contribution in [0.1, 0.15) is 32.1 Å². The molecule has 0 unspecified atom stereocenters. The summed E-state index contributed by atoms with van der Waals surface area (Å²) in [5.74, 6) is 0.482. The Morgan fingerprint density at radius 1 is 1.45 bits per heavy atom. The summed E-state index contributed by atoms with van der Waals surface area (Å²) >= 11 is 5.41. The third-order valence-corrected chi connectivity index (χ3v) is 2.03. The van der Waals surface area contributed by atoms with Crippen molar-refractivity contribution in [2.75, 3.05) is 5.88 Å². The number of rotatable bonds is 3. The molecular formula is C8H13ClNO. The second-order valence-corrected chi connectivity index (χ2v) is 3.18. The lowest BCUT2D eigenvalue weighted by Gasteiger charge is -2.09. The van der Waals surface area contributed by atoms with Crippen molar-refractivity contribution in [2.24, 2.45) is 0 Å². The Bertz CT molecular complexity index is 132. The highest BCUT2D eigenvalue weighted by atomic mass is 35.5. The van der Waals surface area contributed by atoms with Crippen LogP contribution in [0, 0.1) is 6.04 Å². The van der Waals surface area contributed by atoms with E-state index in [0.29, 0.717) is 12.3 Å². The Balaban J connectivity index is 2.13. The number of hydrogen-bond acceptors (Lipinski definition) is 1. The monoisotopic (exact) mass is 174 g/mol. The van der Waals surface area contributed by atoms with Crippen molar-refractivity contribution in [3.05, 3.63) is 6.04 Å². The molecule has 0 atom stereocenters. The average molecular weight is 175 g/mol. The smallest absolute Gasteiger partial charge is 0.221 e. The van der Waals surface area contributed by atoms with Crippen LogP contribution < -0.4 is 5.32 Å². The normalized spacial score (nSPS) is 18.6. The fourth-order valence-electron chi connectivity index (χ4n) is 1.27. The first kappa shape index (κ1) is 8.85. The summed E-state index contributed by atoms with van der Waals surface area (Å²) < 4.78 is 0. The summed E-state index contributed by atoms with van der Waals surface area (Å²) in [4.78, 5) is 11.0. The zero-order valence-corrected chi connectivity index (χ0v) is 7.28. The van der Waals surface area contributed by atoms with Gasteiger partial charge in [0.15, 0.2) is 0 Å². The van der Waals surface area contributed by atoms with Crippen LogP contribution >= 0.6 is 11.6 Å². The third-order valence-electron chi connectivity index (χ3n) is 1.84. The molecule has 1 radical (unpaired) electrons. The number of nitrogens with one attached hydrogen (secondary N) is 1. The van der Waals surface area contributed by atoms with Crippen molar-refractivity contribution in [3.8, 4) is 0 Å². The number of carbonyl (C=O) groups excluding carboxylic acids is 1. The van der Waals surface area contributed by atoms with E-state index in [0.717, 1.165) is 12.8 Å². The van der Waals surface area contributed by atoms with Gasteiger partial charge in [-0.2, -0.15) is 0 Å². The van der Waals surface area contributed by atoms with Gasteiger partial charge < -0.3 is 5.32 Å². The first-order valence-electron chi connectivity index (χ1n) is 4.03. The highest BCUT2D eigenvalue weighted by molar-refractivity contribution is 6.18. The Morgan fingerprint density at radius 2 is 2.09 bits per heavy atom. The molecule has 1 saturated carbocycles. The van der Waals surface area contributed by atoms with Crippen molar-refractivity contribution in [1.82, 2.24) is 5.32 Å². The van der Waals surface area contributed by atoms with Crippen molar-refractivity contribution in [1.29, 1.82) is 0 Å². The molecule has 0 spiro atoms. The maximum atomic E-state index is 11.0. The first-order valence-corrected chi connectivity index (χ1v) is 4.57. The Morgan fingerprint density at radius 3 is 2.64 bits per heavy atom. The number of carbonyl (C=O) groups is 1. The minimum Gasteiger partial charge on any atom is -0.348 e. The van der Waals surface area contributed by atoms with Gasteiger partial charge in [0.05, 0.1) is 6.04 Å². The molecule has 0 aliphatic heterocycles. The Kier molecular flexibility index (Phi) is 3.70. The zero-order chi connectivity index (χ0) is 8.10. The van der Waals surface area contributed by atoms with Gasteiger partial charge >= 0.3 is 0 Å². The van der Waals surface area contributed by atoms with Crippen LogP contribution in [-0.4, -0.2) is 11.8 Å². The Hall–Kier alpha value is -0.240. The zero-order valence-electron chi connectivity index (χ0n) is 6.53. The number of amides is 1.